The molecule has 27 heavy (non-hydrogen) atoms. The molecule has 1 saturated heterocycles. The summed E-state index contributed by atoms with van der Waals surface area (Å²) in [7, 11) is 0. The Kier molecular flexibility index (Phi) is 5.91. The van der Waals surface area contributed by atoms with E-state index in [4.69, 9.17) is 16.3 Å². The minimum atomic E-state index is -0.857. The third-order valence-electron chi connectivity index (χ3n) is 4.58. The lowest BCUT2D eigenvalue weighted by Gasteiger charge is -2.19. The average molecular weight is 386 g/mol. The lowest BCUT2D eigenvalue weighted by Crippen LogP contribution is -2.31. The van der Waals surface area contributed by atoms with Crippen LogP contribution in [0.5, 0.6) is 0 Å². The van der Waals surface area contributed by atoms with Crippen LogP contribution >= 0.6 is 11.6 Å². The van der Waals surface area contributed by atoms with Crippen LogP contribution in [0.3, 0.4) is 0 Å². The number of hydrogen-bond acceptors (Lipinski definition) is 4. The number of para-hydroxylation sites is 1. The Bertz CT molecular complexity index is 852. The number of ether oxygens (including phenoxy) is 1. The molecule has 6 heteroatoms. The zero-order valence-corrected chi connectivity index (χ0v) is 15.7. The van der Waals surface area contributed by atoms with Crippen molar-refractivity contribution >= 4 is 34.9 Å². The summed E-state index contributed by atoms with van der Waals surface area (Å²) >= 11 is 6.16. The number of anilines is 1. The molecule has 0 bridgehead atoms. The second-order valence-corrected chi connectivity index (χ2v) is 6.83. The molecule has 1 fully saturated rings. The number of benzene rings is 2. The van der Waals surface area contributed by atoms with E-state index in [0.29, 0.717) is 22.7 Å². The molecular formula is C21H20ClNO4. The number of amides is 1. The maximum atomic E-state index is 12.6. The average Bonchev–Trinajstić information content (AvgIpc) is 3.08. The highest BCUT2D eigenvalue weighted by Crippen LogP contribution is 2.31. The molecule has 3 rings (SSSR count). The number of ketones is 1. The van der Waals surface area contributed by atoms with Crippen molar-refractivity contribution in [1.29, 1.82) is 0 Å². The van der Waals surface area contributed by atoms with Crippen molar-refractivity contribution < 1.29 is 19.1 Å². The van der Waals surface area contributed by atoms with Gasteiger partial charge >= 0.3 is 5.97 Å². The van der Waals surface area contributed by atoms with Gasteiger partial charge in [0.15, 0.2) is 6.10 Å². The van der Waals surface area contributed by atoms with Crippen LogP contribution in [-0.4, -0.2) is 30.3 Å². The molecule has 1 heterocycles. The van der Waals surface area contributed by atoms with Gasteiger partial charge in [0, 0.05) is 18.5 Å². The van der Waals surface area contributed by atoms with Gasteiger partial charge in [0.25, 0.3) is 0 Å². The fourth-order valence-electron chi connectivity index (χ4n) is 3.12. The van der Waals surface area contributed by atoms with E-state index in [0.717, 1.165) is 0 Å². The molecule has 2 aromatic rings. The Morgan fingerprint density at radius 3 is 2.48 bits per heavy atom. The predicted octanol–water partition coefficient (Wildman–Crippen LogP) is 3.90. The van der Waals surface area contributed by atoms with Gasteiger partial charge in [-0.15, -0.1) is 0 Å². The van der Waals surface area contributed by atoms with E-state index >= 15 is 0 Å². The standard InChI is InChI=1S/C21H20ClNO4/c1-2-18(20(25)14-8-4-3-5-9-14)27-21(26)15-12-19(24)23(13-15)17-11-7-6-10-16(17)22/h3-11,15,18H,2,12-13H2,1H3/t15-,18-/m1/s1. The predicted molar refractivity (Wildman–Crippen MR) is 103 cm³/mol. The van der Waals surface area contributed by atoms with Crippen LogP contribution < -0.4 is 4.90 Å². The van der Waals surface area contributed by atoms with Gasteiger partial charge in [-0.1, -0.05) is 61.0 Å². The van der Waals surface area contributed by atoms with Crippen LogP contribution in [0, 0.1) is 5.92 Å². The fraction of sp³-hybridized carbons (Fsp3) is 0.286. The third kappa shape index (κ3) is 4.19. The van der Waals surface area contributed by atoms with E-state index in [9.17, 15) is 14.4 Å². The van der Waals surface area contributed by atoms with E-state index in [2.05, 4.69) is 0 Å². The second kappa shape index (κ2) is 8.35. The first kappa shape index (κ1) is 19.1. The van der Waals surface area contributed by atoms with Gasteiger partial charge in [-0.05, 0) is 18.6 Å². The minimum Gasteiger partial charge on any atom is -0.454 e. The zero-order valence-electron chi connectivity index (χ0n) is 14.9. The number of carbonyl (C=O) groups is 3. The fourth-order valence-corrected chi connectivity index (χ4v) is 3.35. The van der Waals surface area contributed by atoms with Gasteiger partial charge in [-0.25, -0.2) is 0 Å². The number of nitrogens with zero attached hydrogens (tertiary/aromatic N) is 1. The molecule has 0 spiro atoms. The highest BCUT2D eigenvalue weighted by Gasteiger charge is 2.38. The SMILES string of the molecule is CC[C@@H](OC(=O)[C@@H]1CC(=O)N(c2ccccc2Cl)C1)C(=O)c1ccccc1. The number of Topliss-reactive ketones (excluding diaryl/α,β-unsaturated/α-hetero) is 1. The van der Waals surface area contributed by atoms with Crippen LogP contribution in [0.2, 0.25) is 5.02 Å². The van der Waals surface area contributed by atoms with Crippen molar-refractivity contribution in [2.45, 2.75) is 25.9 Å². The molecule has 140 valence electrons. The summed E-state index contributed by atoms with van der Waals surface area (Å²) in [6.45, 7) is 1.98. The normalized spacial score (nSPS) is 17.6. The molecule has 2 atom stereocenters. The molecule has 0 radical (unpaired) electrons. The van der Waals surface area contributed by atoms with Crippen LogP contribution in [0.25, 0.3) is 0 Å². The molecule has 0 N–H and O–H groups in total. The van der Waals surface area contributed by atoms with Gasteiger partial charge in [0.05, 0.1) is 16.6 Å². The van der Waals surface area contributed by atoms with Crippen molar-refractivity contribution in [3.8, 4) is 0 Å². The third-order valence-corrected chi connectivity index (χ3v) is 4.90. The minimum absolute atomic E-state index is 0.0417. The first-order valence-electron chi connectivity index (χ1n) is 8.86. The van der Waals surface area contributed by atoms with Crippen LogP contribution in [-0.2, 0) is 14.3 Å². The Morgan fingerprint density at radius 1 is 1.15 bits per heavy atom. The van der Waals surface area contributed by atoms with Crippen molar-refractivity contribution in [1.82, 2.24) is 0 Å². The van der Waals surface area contributed by atoms with Crippen LogP contribution in [0.1, 0.15) is 30.1 Å². The number of carbonyl (C=O) groups excluding carboxylic acids is 3. The van der Waals surface area contributed by atoms with Crippen molar-refractivity contribution in [3.05, 3.63) is 65.2 Å². The zero-order chi connectivity index (χ0) is 19.4. The van der Waals surface area contributed by atoms with Gasteiger partial charge < -0.3 is 9.64 Å². The molecule has 5 nitrogen and oxygen atoms in total. The highest BCUT2D eigenvalue weighted by molar-refractivity contribution is 6.33. The smallest absolute Gasteiger partial charge is 0.312 e. The topological polar surface area (TPSA) is 63.7 Å². The van der Waals surface area contributed by atoms with E-state index < -0.39 is 18.0 Å². The Morgan fingerprint density at radius 2 is 1.81 bits per heavy atom. The summed E-state index contributed by atoms with van der Waals surface area (Å²) in [4.78, 5) is 39.0. The highest BCUT2D eigenvalue weighted by atomic mass is 35.5. The molecule has 1 amide bonds. The molecule has 1 aliphatic rings. The maximum Gasteiger partial charge on any atom is 0.312 e. The number of rotatable bonds is 6. The molecule has 0 unspecified atom stereocenters. The largest absolute Gasteiger partial charge is 0.454 e. The molecule has 0 aromatic heterocycles. The van der Waals surface area contributed by atoms with E-state index in [-0.39, 0.29) is 24.7 Å². The molecule has 2 aromatic carbocycles. The summed E-state index contributed by atoms with van der Waals surface area (Å²) in [6, 6.07) is 15.7. The summed E-state index contributed by atoms with van der Waals surface area (Å²) in [5, 5.41) is 0.450. The van der Waals surface area contributed by atoms with Gasteiger partial charge in [0.1, 0.15) is 0 Å². The summed E-state index contributed by atoms with van der Waals surface area (Å²) in [5.41, 5.74) is 1.07. The Labute approximate surface area is 162 Å². The van der Waals surface area contributed by atoms with Crippen molar-refractivity contribution in [2.24, 2.45) is 5.92 Å². The number of hydrogen-bond donors (Lipinski definition) is 0. The molecule has 0 aliphatic carbocycles. The summed E-state index contributed by atoms with van der Waals surface area (Å²) in [5.74, 6) is -1.58. The first-order chi connectivity index (χ1) is 13.0. The monoisotopic (exact) mass is 385 g/mol. The molecule has 1 aliphatic heterocycles. The van der Waals surface area contributed by atoms with E-state index in [1.54, 1.807) is 55.5 Å². The van der Waals surface area contributed by atoms with E-state index in [1.807, 2.05) is 6.07 Å². The number of esters is 1. The quantitative estimate of drug-likeness (QED) is 0.559. The Hall–Kier alpha value is -2.66. The van der Waals surface area contributed by atoms with E-state index in [1.165, 1.54) is 4.90 Å². The van der Waals surface area contributed by atoms with Gasteiger partial charge in [0.2, 0.25) is 11.7 Å². The summed E-state index contributed by atoms with van der Waals surface area (Å²) in [6.07, 6.45) is -0.446. The van der Waals surface area contributed by atoms with Crippen LogP contribution in [0.4, 0.5) is 5.69 Å². The first-order valence-corrected chi connectivity index (χ1v) is 9.23. The molecule has 0 saturated carbocycles. The second-order valence-electron chi connectivity index (χ2n) is 6.42. The molecular weight excluding hydrogens is 366 g/mol. The van der Waals surface area contributed by atoms with Gasteiger partial charge in [-0.2, -0.15) is 0 Å². The van der Waals surface area contributed by atoms with Crippen molar-refractivity contribution in [3.63, 3.8) is 0 Å². The van der Waals surface area contributed by atoms with Crippen molar-refractivity contribution in [2.75, 3.05) is 11.4 Å². The van der Waals surface area contributed by atoms with Crippen LogP contribution in [0.15, 0.2) is 54.6 Å². The Balaban J connectivity index is 1.68. The van der Waals surface area contributed by atoms with Gasteiger partial charge in [-0.3, -0.25) is 14.4 Å². The maximum absolute atomic E-state index is 12.6. The lowest BCUT2D eigenvalue weighted by atomic mass is 10.0. The number of halogens is 1. The summed E-state index contributed by atoms with van der Waals surface area (Å²) < 4.78 is 5.46. The lowest BCUT2D eigenvalue weighted by molar-refractivity contribution is -0.151.